The molecule has 0 saturated heterocycles. The predicted octanol–water partition coefficient (Wildman–Crippen LogP) is 0.694. The van der Waals surface area contributed by atoms with Crippen LogP contribution in [0.4, 0.5) is 0 Å². The highest BCUT2D eigenvalue weighted by Gasteiger charge is 2.31. The van der Waals surface area contributed by atoms with Gasteiger partial charge in [0.1, 0.15) is 0 Å². The highest BCUT2D eigenvalue weighted by atomic mass is 16.3. The van der Waals surface area contributed by atoms with Gasteiger partial charge in [0.05, 0.1) is 12.2 Å². The molecule has 0 unspecified atom stereocenters. The molecule has 2 nitrogen and oxygen atoms in total. The lowest BCUT2D eigenvalue weighted by atomic mass is 10.0. The number of aliphatic hydroxyl groups is 2. The first-order valence-electron chi connectivity index (χ1n) is 4.30. The minimum Gasteiger partial charge on any atom is -0.390 e. The average Bonchev–Trinajstić information content (AvgIpc) is 2.30. The van der Waals surface area contributed by atoms with Crippen LogP contribution in [0.2, 0.25) is 0 Å². The van der Waals surface area contributed by atoms with Crippen LogP contribution in [0, 0.1) is 11.8 Å². The molecule has 2 heteroatoms. The number of allylic oxidation sites excluding steroid dienone is 2. The van der Waals surface area contributed by atoms with Crippen molar-refractivity contribution in [1.82, 2.24) is 0 Å². The van der Waals surface area contributed by atoms with Crippen molar-refractivity contribution < 1.29 is 10.2 Å². The Kier molecular flexibility index (Phi) is 1.74. The summed E-state index contributed by atoms with van der Waals surface area (Å²) in [5.41, 5.74) is 0. The van der Waals surface area contributed by atoms with Crippen LogP contribution in [0.1, 0.15) is 19.3 Å². The molecule has 2 bridgehead atoms. The minimum absolute atomic E-state index is 0.491. The third-order valence-electron chi connectivity index (χ3n) is 2.79. The Balaban J connectivity index is 2.11. The first-order valence-corrected chi connectivity index (χ1v) is 4.30. The molecule has 0 aromatic carbocycles. The van der Waals surface area contributed by atoms with Gasteiger partial charge in [-0.05, 0) is 31.1 Å². The normalized spacial score (nSPS) is 49.3. The Morgan fingerprint density at radius 3 is 1.73 bits per heavy atom. The fourth-order valence-electron chi connectivity index (χ4n) is 2.14. The summed E-state index contributed by atoms with van der Waals surface area (Å²) in [6.45, 7) is 0. The molecule has 2 N–H and O–H groups in total. The van der Waals surface area contributed by atoms with Gasteiger partial charge in [-0.15, -0.1) is 0 Å². The van der Waals surface area contributed by atoms with Gasteiger partial charge in [-0.25, -0.2) is 0 Å². The van der Waals surface area contributed by atoms with Crippen molar-refractivity contribution in [3.05, 3.63) is 12.2 Å². The highest BCUT2D eigenvalue weighted by Crippen LogP contribution is 2.34. The van der Waals surface area contributed by atoms with Crippen LogP contribution in [0.15, 0.2) is 12.2 Å². The Morgan fingerprint density at radius 2 is 1.27 bits per heavy atom. The quantitative estimate of drug-likeness (QED) is 0.504. The van der Waals surface area contributed by atoms with Crippen molar-refractivity contribution >= 4 is 0 Å². The van der Waals surface area contributed by atoms with E-state index in [-0.39, 0.29) is 0 Å². The lowest BCUT2D eigenvalue weighted by Crippen LogP contribution is -2.26. The first kappa shape index (κ1) is 7.32. The summed E-state index contributed by atoms with van der Waals surface area (Å²) >= 11 is 0. The molecule has 0 heterocycles. The molecule has 1 fully saturated rings. The largest absolute Gasteiger partial charge is 0.390 e. The molecular weight excluding hydrogens is 140 g/mol. The average molecular weight is 154 g/mol. The van der Waals surface area contributed by atoms with Crippen molar-refractivity contribution in [1.29, 1.82) is 0 Å². The molecule has 1 saturated carbocycles. The van der Waals surface area contributed by atoms with Crippen molar-refractivity contribution in [3.8, 4) is 0 Å². The van der Waals surface area contributed by atoms with Crippen LogP contribution in [0.3, 0.4) is 0 Å². The number of aliphatic hydroxyl groups excluding tert-OH is 2. The molecule has 4 atom stereocenters. The third-order valence-corrected chi connectivity index (χ3v) is 2.79. The van der Waals surface area contributed by atoms with E-state index < -0.39 is 12.2 Å². The molecule has 0 radical (unpaired) electrons. The van der Waals surface area contributed by atoms with Crippen molar-refractivity contribution in [2.45, 2.75) is 31.5 Å². The molecule has 11 heavy (non-hydrogen) atoms. The molecular formula is C9H14O2. The summed E-state index contributed by atoms with van der Waals surface area (Å²) in [4.78, 5) is 0. The Morgan fingerprint density at radius 1 is 0.818 bits per heavy atom. The summed E-state index contributed by atoms with van der Waals surface area (Å²) in [6.07, 6.45) is 6.00. The van der Waals surface area contributed by atoms with Crippen molar-refractivity contribution in [2.75, 3.05) is 0 Å². The lowest BCUT2D eigenvalue weighted by molar-refractivity contribution is 0.00869. The van der Waals surface area contributed by atoms with Gasteiger partial charge >= 0.3 is 0 Å². The monoisotopic (exact) mass is 154 g/mol. The highest BCUT2D eigenvalue weighted by molar-refractivity contribution is 5.05. The van der Waals surface area contributed by atoms with E-state index in [1.165, 1.54) is 0 Å². The zero-order valence-corrected chi connectivity index (χ0v) is 6.48. The maximum atomic E-state index is 9.40. The van der Waals surface area contributed by atoms with E-state index in [1.54, 1.807) is 0 Å². The number of fused-ring (bicyclic) bond motifs is 2. The second-order valence-corrected chi connectivity index (χ2v) is 3.75. The summed E-state index contributed by atoms with van der Waals surface area (Å²) in [6, 6.07) is 0. The zero-order chi connectivity index (χ0) is 7.84. The van der Waals surface area contributed by atoms with E-state index in [9.17, 15) is 10.2 Å². The molecule has 2 rings (SSSR count). The topological polar surface area (TPSA) is 40.5 Å². The van der Waals surface area contributed by atoms with E-state index >= 15 is 0 Å². The van der Waals surface area contributed by atoms with Gasteiger partial charge < -0.3 is 10.2 Å². The minimum atomic E-state index is -0.491. The molecule has 0 aliphatic heterocycles. The fourth-order valence-corrected chi connectivity index (χ4v) is 2.14. The van der Waals surface area contributed by atoms with E-state index in [4.69, 9.17) is 0 Å². The van der Waals surface area contributed by atoms with Gasteiger partial charge in [0.2, 0.25) is 0 Å². The van der Waals surface area contributed by atoms with Gasteiger partial charge in [-0.2, -0.15) is 0 Å². The molecule has 0 amide bonds. The summed E-state index contributed by atoms with van der Waals surface area (Å²) in [5.74, 6) is 1.04. The van der Waals surface area contributed by atoms with Crippen LogP contribution < -0.4 is 0 Å². The Hall–Kier alpha value is -0.340. The number of hydrogen-bond donors (Lipinski definition) is 2. The summed E-state index contributed by atoms with van der Waals surface area (Å²) < 4.78 is 0. The Labute approximate surface area is 66.5 Å². The maximum absolute atomic E-state index is 9.40. The van der Waals surface area contributed by atoms with E-state index in [1.807, 2.05) is 0 Å². The number of rotatable bonds is 0. The molecule has 62 valence electrons. The molecule has 0 aromatic rings. The number of hydrogen-bond acceptors (Lipinski definition) is 2. The van der Waals surface area contributed by atoms with Gasteiger partial charge in [0.25, 0.3) is 0 Å². The van der Waals surface area contributed by atoms with Crippen LogP contribution in [-0.2, 0) is 0 Å². The second-order valence-electron chi connectivity index (χ2n) is 3.75. The SMILES string of the molecule is O[C@@H]1C[C@@H]2C=C[C@@H](C2)C[C@@H]1O. The van der Waals surface area contributed by atoms with Crippen molar-refractivity contribution in [2.24, 2.45) is 11.8 Å². The van der Waals surface area contributed by atoms with E-state index in [0.29, 0.717) is 11.8 Å². The molecule has 2 aliphatic carbocycles. The summed E-state index contributed by atoms with van der Waals surface area (Å²) in [5, 5.41) is 18.8. The predicted molar refractivity (Wildman–Crippen MR) is 42.0 cm³/mol. The maximum Gasteiger partial charge on any atom is 0.0804 e. The first-order chi connectivity index (χ1) is 5.25. The standard InChI is InChI=1S/C9H14O2/c10-8-4-6-1-2-7(3-6)5-9(8)11/h1-2,6-11H,3-5H2/t6-,7+,8-,9+. The van der Waals surface area contributed by atoms with E-state index in [0.717, 1.165) is 19.3 Å². The van der Waals surface area contributed by atoms with Crippen LogP contribution >= 0.6 is 0 Å². The Bertz CT molecular complexity index is 158. The third kappa shape index (κ3) is 1.33. The van der Waals surface area contributed by atoms with E-state index in [2.05, 4.69) is 12.2 Å². The van der Waals surface area contributed by atoms with Gasteiger partial charge in [-0.1, -0.05) is 12.2 Å². The van der Waals surface area contributed by atoms with Crippen LogP contribution in [0.25, 0.3) is 0 Å². The van der Waals surface area contributed by atoms with Crippen LogP contribution in [-0.4, -0.2) is 22.4 Å². The lowest BCUT2D eigenvalue weighted by Gasteiger charge is -2.17. The van der Waals surface area contributed by atoms with Gasteiger partial charge in [0.15, 0.2) is 0 Å². The van der Waals surface area contributed by atoms with Gasteiger partial charge in [-0.3, -0.25) is 0 Å². The fraction of sp³-hybridized carbons (Fsp3) is 0.778. The smallest absolute Gasteiger partial charge is 0.0804 e. The van der Waals surface area contributed by atoms with Crippen LogP contribution in [0.5, 0.6) is 0 Å². The molecule has 0 aromatic heterocycles. The molecule has 2 aliphatic rings. The van der Waals surface area contributed by atoms with Crippen molar-refractivity contribution in [3.63, 3.8) is 0 Å². The molecule has 0 spiro atoms. The zero-order valence-electron chi connectivity index (χ0n) is 6.48. The van der Waals surface area contributed by atoms with Gasteiger partial charge in [0, 0.05) is 0 Å². The second kappa shape index (κ2) is 2.61. The summed E-state index contributed by atoms with van der Waals surface area (Å²) in [7, 11) is 0.